The monoisotopic (exact) mass is 448 g/mol. The van der Waals surface area contributed by atoms with E-state index in [2.05, 4.69) is 9.97 Å². The molecule has 0 saturated heterocycles. The van der Waals surface area contributed by atoms with Gasteiger partial charge in [0.2, 0.25) is 5.56 Å². The van der Waals surface area contributed by atoms with E-state index in [0.717, 1.165) is 39.4 Å². The van der Waals surface area contributed by atoms with E-state index >= 15 is 0 Å². The Morgan fingerprint density at radius 2 is 1.88 bits per heavy atom. The number of rotatable bonds is 4. The van der Waals surface area contributed by atoms with E-state index in [0.29, 0.717) is 10.9 Å². The highest BCUT2D eigenvalue weighted by molar-refractivity contribution is 7.13. The summed E-state index contributed by atoms with van der Waals surface area (Å²) in [6.07, 6.45) is 0. The Bertz CT molecular complexity index is 1520. The quantitative estimate of drug-likeness (QED) is 0.397. The maximum absolute atomic E-state index is 14.4. The summed E-state index contributed by atoms with van der Waals surface area (Å²) in [5, 5.41) is 0.449. The molecule has 1 N–H and O–H groups in total. The Balaban J connectivity index is 1.74. The van der Waals surface area contributed by atoms with Gasteiger partial charge in [-0.3, -0.25) is 4.79 Å². The van der Waals surface area contributed by atoms with E-state index in [9.17, 15) is 13.6 Å². The van der Waals surface area contributed by atoms with Gasteiger partial charge < -0.3 is 9.55 Å². The minimum absolute atomic E-state index is 0.135. The van der Waals surface area contributed by atoms with Gasteiger partial charge >= 0.3 is 0 Å². The molecule has 0 spiro atoms. The molecule has 3 aromatic heterocycles. The van der Waals surface area contributed by atoms with Crippen LogP contribution in [0.3, 0.4) is 0 Å². The van der Waals surface area contributed by atoms with Crippen LogP contribution in [-0.2, 0) is 6.54 Å². The number of hydrogen-bond acceptors (Lipinski definition) is 4. The van der Waals surface area contributed by atoms with Crippen LogP contribution in [0.1, 0.15) is 17.0 Å². The Kier molecular flexibility index (Phi) is 4.94. The maximum Gasteiger partial charge on any atom is 0.248 e. The number of thiazole rings is 1. The number of nitrogens with one attached hydrogen (secondary N) is 1. The van der Waals surface area contributed by atoms with Crippen molar-refractivity contribution in [3.05, 3.63) is 93.0 Å². The summed E-state index contributed by atoms with van der Waals surface area (Å²) in [5.74, 6) is -1.35. The second kappa shape index (κ2) is 7.80. The second-order valence-electron chi connectivity index (χ2n) is 7.53. The summed E-state index contributed by atoms with van der Waals surface area (Å²) in [4.78, 5) is 24.9. The highest BCUT2D eigenvalue weighted by Crippen LogP contribution is 2.33. The van der Waals surface area contributed by atoms with Crippen LogP contribution in [0.4, 0.5) is 8.78 Å². The molecule has 5 aromatic rings. The molecule has 0 saturated carbocycles. The Hall–Kier alpha value is -3.65. The van der Waals surface area contributed by atoms with Crippen molar-refractivity contribution in [2.75, 3.05) is 0 Å². The van der Waals surface area contributed by atoms with Gasteiger partial charge in [-0.05, 0) is 31.5 Å². The first-order valence-electron chi connectivity index (χ1n) is 9.97. The average Bonchev–Trinajstić information content (AvgIpc) is 3.35. The maximum atomic E-state index is 14.4. The lowest BCUT2D eigenvalue weighted by molar-refractivity contribution is 0.515. The van der Waals surface area contributed by atoms with Crippen molar-refractivity contribution >= 4 is 22.2 Å². The molecule has 0 atom stereocenters. The predicted octanol–water partition coefficient (Wildman–Crippen LogP) is 5.46. The van der Waals surface area contributed by atoms with Crippen molar-refractivity contribution in [2.24, 2.45) is 0 Å². The zero-order valence-corrected chi connectivity index (χ0v) is 18.1. The molecule has 2 aromatic carbocycles. The number of benzene rings is 2. The predicted molar refractivity (Wildman–Crippen MR) is 122 cm³/mol. The molecular weight excluding hydrogens is 430 g/mol. The van der Waals surface area contributed by atoms with Crippen molar-refractivity contribution in [3.8, 4) is 22.0 Å². The van der Waals surface area contributed by atoms with Crippen molar-refractivity contribution < 1.29 is 8.78 Å². The minimum Gasteiger partial charge on any atom is -0.323 e. The van der Waals surface area contributed by atoms with Crippen LogP contribution in [0.15, 0.2) is 58.8 Å². The number of fused-ring (bicyclic) bond motifs is 1. The Labute approximate surface area is 186 Å². The average molecular weight is 448 g/mol. The summed E-state index contributed by atoms with van der Waals surface area (Å²) < 4.78 is 30.2. The van der Waals surface area contributed by atoms with Gasteiger partial charge in [-0.1, -0.05) is 30.3 Å². The first-order valence-corrected chi connectivity index (χ1v) is 10.8. The van der Waals surface area contributed by atoms with Gasteiger partial charge in [-0.15, -0.1) is 11.3 Å². The third kappa shape index (κ3) is 3.33. The lowest BCUT2D eigenvalue weighted by atomic mass is 10.1. The van der Waals surface area contributed by atoms with Gasteiger partial charge in [0, 0.05) is 22.7 Å². The van der Waals surface area contributed by atoms with Crippen molar-refractivity contribution in [3.63, 3.8) is 0 Å². The molecule has 3 heterocycles. The Morgan fingerprint density at radius 3 is 2.59 bits per heavy atom. The lowest BCUT2D eigenvalue weighted by Gasteiger charge is -2.13. The van der Waals surface area contributed by atoms with Crippen LogP contribution in [-0.4, -0.2) is 19.5 Å². The third-order valence-corrected chi connectivity index (χ3v) is 6.46. The largest absolute Gasteiger partial charge is 0.323 e. The van der Waals surface area contributed by atoms with Gasteiger partial charge in [0.15, 0.2) is 17.5 Å². The van der Waals surface area contributed by atoms with Crippen LogP contribution in [0.2, 0.25) is 0 Å². The lowest BCUT2D eigenvalue weighted by Crippen LogP contribution is -2.12. The highest BCUT2D eigenvalue weighted by atomic mass is 32.1. The molecule has 0 unspecified atom stereocenters. The number of H-pyrrole nitrogens is 1. The summed E-state index contributed by atoms with van der Waals surface area (Å²) in [6, 6.07) is 13.8. The standard InChI is InChI=1S/C24H18F2N4OS/c1-13-23(32-12-27-13)24-29-21(15-6-4-3-5-7-15)14(2)30(24)11-16-10-19(31)28-22-17(16)8-9-18(25)20(22)26/h3-10,12H,11H2,1-2H3,(H,28,31). The van der Waals surface area contributed by atoms with Gasteiger partial charge in [0.05, 0.1) is 33.8 Å². The molecule has 0 bridgehead atoms. The van der Waals surface area contributed by atoms with Gasteiger partial charge in [-0.25, -0.2) is 18.7 Å². The first kappa shape index (κ1) is 20.3. The molecule has 0 amide bonds. The van der Waals surface area contributed by atoms with Crippen LogP contribution >= 0.6 is 11.3 Å². The van der Waals surface area contributed by atoms with E-state index < -0.39 is 17.2 Å². The van der Waals surface area contributed by atoms with E-state index in [-0.39, 0.29) is 12.1 Å². The summed E-state index contributed by atoms with van der Waals surface area (Å²) in [5.41, 5.74) is 5.25. The van der Waals surface area contributed by atoms with E-state index in [1.54, 1.807) is 5.51 Å². The van der Waals surface area contributed by atoms with Crippen molar-refractivity contribution in [2.45, 2.75) is 20.4 Å². The topological polar surface area (TPSA) is 63.6 Å². The zero-order chi connectivity index (χ0) is 22.4. The van der Waals surface area contributed by atoms with Crippen LogP contribution in [0.25, 0.3) is 32.9 Å². The molecule has 0 radical (unpaired) electrons. The summed E-state index contributed by atoms with van der Waals surface area (Å²) in [6.45, 7) is 4.15. The minimum atomic E-state index is -1.06. The molecule has 0 fully saturated rings. The number of halogens is 2. The molecule has 0 aliphatic carbocycles. The molecule has 5 nitrogen and oxygen atoms in total. The third-order valence-electron chi connectivity index (χ3n) is 5.54. The first-order chi connectivity index (χ1) is 15.4. The molecule has 8 heteroatoms. The Morgan fingerprint density at radius 1 is 1.09 bits per heavy atom. The number of hydrogen-bond donors (Lipinski definition) is 1. The highest BCUT2D eigenvalue weighted by Gasteiger charge is 2.21. The van der Waals surface area contributed by atoms with Crippen molar-refractivity contribution in [1.29, 1.82) is 0 Å². The van der Waals surface area contributed by atoms with E-state index in [1.165, 1.54) is 23.5 Å². The fourth-order valence-electron chi connectivity index (χ4n) is 3.92. The van der Waals surface area contributed by atoms with E-state index in [1.807, 2.05) is 48.7 Å². The fraction of sp³-hybridized carbons (Fsp3) is 0.125. The van der Waals surface area contributed by atoms with Crippen LogP contribution in [0, 0.1) is 25.5 Å². The molecule has 0 aliphatic heterocycles. The number of aromatic nitrogens is 4. The number of imidazole rings is 1. The number of pyridine rings is 1. The number of aromatic amines is 1. The SMILES string of the molecule is Cc1ncsc1-c1nc(-c2ccccc2)c(C)n1Cc1cc(=O)[nH]c2c(F)c(F)ccc12. The van der Waals surface area contributed by atoms with Crippen LogP contribution in [0.5, 0.6) is 0 Å². The second-order valence-corrected chi connectivity index (χ2v) is 8.39. The molecule has 0 aliphatic rings. The fourth-order valence-corrected chi connectivity index (χ4v) is 4.72. The molecule has 160 valence electrons. The normalized spacial score (nSPS) is 11.4. The van der Waals surface area contributed by atoms with E-state index in [4.69, 9.17) is 4.98 Å². The smallest absolute Gasteiger partial charge is 0.248 e. The number of nitrogens with zero attached hydrogens (tertiary/aromatic N) is 3. The summed E-state index contributed by atoms with van der Waals surface area (Å²) >= 11 is 1.48. The van der Waals surface area contributed by atoms with Gasteiger partial charge in [-0.2, -0.15) is 0 Å². The zero-order valence-electron chi connectivity index (χ0n) is 17.3. The number of aryl methyl sites for hydroxylation is 1. The molecule has 5 rings (SSSR count). The van der Waals surface area contributed by atoms with Crippen LogP contribution < -0.4 is 5.56 Å². The van der Waals surface area contributed by atoms with Gasteiger partial charge in [0.25, 0.3) is 0 Å². The molecular formula is C24H18F2N4OS. The summed E-state index contributed by atoms with van der Waals surface area (Å²) in [7, 11) is 0. The van der Waals surface area contributed by atoms with Gasteiger partial charge in [0.1, 0.15) is 0 Å². The molecule has 32 heavy (non-hydrogen) atoms. The van der Waals surface area contributed by atoms with Crippen molar-refractivity contribution in [1.82, 2.24) is 19.5 Å².